The molecule has 0 aliphatic carbocycles. The highest BCUT2D eigenvalue weighted by Gasteiger charge is 2.12. The van der Waals surface area contributed by atoms with Crippen LogP contribution in [0.3, 0.4) is 0 Å². The summed E-state index contributed by atoms with van der Waals surface area (Å²) in [6.07, 6.45) is 4.31. The van der Waals surface area contributed by atoms with Crippen molar-refractivity contribution in [2.75, 3.05) is 6.54 Å². The van der Waals surface area contributed by atoms with E-state index in [0.29, 0.717) is 12.3 Å². The first-order valence-electron chi connectivity index (χ1n) is 8.05. The molecule has 0 aliphatic heterocycles. The average Bonchev–Trinajstić information content (AvgIpc) is 3.03. The van der Waals surface area contributed by atoms with Gasteiger partial charge in [0.1, 0.15) is 18.2 Å². The highest BCUT2D eigenvalue weighted by molar-refractivity contribution is 5.91. The summed E-state index contributed by atoms with van der Waals surface area (Å²) < 4.78 is 36.9. The number of unbranched alkanes of at least 4 members (excludes halogenated alkanes) is 3. The van der Waals surface area contributed by atoms with Gasteiger partial charge < -0.3 is 14.5 Å². The van der Waals surface area contributed by atoms with E-state index in [1.807, 2.05) is 0 Å². The van der Waals surface area contributed by atoms with Crippen LogP contribution < -0.4 is 10.1 Å². The van der Waals surface area contributed by atoms with E-state index in [2.05, 4.69) is 12.2 Å². The Morgan fingerprint density at radius 2 is 2.00 bits per heavy atom. The second kappa shape index (κ2) is 9.05. The summed E-state index contributed by atoms with van der Waals surface area (Å²) in [4.78, 5) is 11.9. The molecule has 0 spiro atoms. The normalized spacial score (nSPS) is 10.6. The van der Waals surface area contributed by atoms with E-state index in [1.165, 1.54) is 6.07 Å². The number of carbonyl (C=O) groups excluding carboxylic acids is 1. The molecule has 1 amide bonds. The lowest BCUT2D eigenvalue weighted by atomic mass is 10.2. The van der Waals surface area contributed by atoms with Crippen LogP contribution in [0.5, 0.6) is 5.75 Å². The molecule has 0 bridgehead atoms. The number of amides is 1. The van der Waals surface area contributed by atoms with Gasteiger partial charge in [0.25, 0.3) is 5.91 Å². The van der Waals surface area contributed by atoms with Gasteiger partial charge in [-0.15, -0.1) is 0 Å². The van der Waals surface area contributed by atoms with E-state index < -0.39 is 11.6 Å². The van der Waals surface area contributed by atoms with Crippen LogP contribution >= 0.6 is 0 Å². The lowest BCUT2D eigenvalue weighted by molar-refractivity contribution is 0.0921. The zero-order chi connectivity index (χ0) is 17.4. The minimum Gasteiger partial charge on any atom is -0.483 e. The number of halogens is 2. The van der Waals surface area contributed by atoms with Crippen LogP contribution in [-0.2, 0) is 6.61 Å². The Bertz CT molecular complexity index is 670. The molecule has 1 aromatic carbocycles. The van der Waals surface area contributed by atoms with Crippen molar-refractivity contribution in [1.29, 1.82) is 0 Å². The maximum Gasteiger partial charge on any atom is 0.286 e. The molecule has 24 heavy (non-hydrogen) atoms. The zero-order valence-corrected chi connectivity index (χ0v) is 13.6. The standard InChI is InChI=1S/C18H21F2NO3/c1-2-3-4-5-10-21-18(22)17-9-7-14(24-17)12-23-16-8-6-13(19)11-15(16)20/h6-9,11H,2-5,10,12H2,1H3,(H,21,22). The van der Waals surface area contributed by atoms with E-state index >= 15 is 0 Å². The third-order valence-corrected chi connectivity index (χ3v) is 3.47. The number of furan rings is 1. The molecule has 1 N–H and O–H groups in total. The van der Waals surface area contributed by atoms with Crippen LogP contribution in [0.1, 0.15) is 48.9 Å². The third kappa shape index (κ3) is 5.37. The molecule has 2 aromatic rings. The molecule has 1 aromatic heterocycles. The maximum absolute atomic E-state index is 13.5. The van der Waals surface area contributed by atoms with Crippen molar-refractivity contribution in [3.63, 3.8) is 0 Å². The van der Waals surface area contributed by atoms with Crippen LogP contribution in [0.15, 0.2) is 34.7 Å². The third-order valence-electron chi connectivity index (χ3n) is 3.47. The molecule has 0 aliphatic rings. The van der Waals surface area contributed by atoms with E-state index in [1.54, 1.807) is 12.1 Å². The Hall–Kier alpha value is -2.37. The van der Waals surface area contributed by atoms with E-state index in [-0.39, 0.29) is 24.0 Å². The minimum atomic E-state index is -0.786. The van der Waals surface area contributed by atoms with Gasteiger partial charge in [-0.3, -0.25) is 4.79 Å². The number of ether oxygens (including phenoxy) is 1. The summed E-state index contributed by atoms with van der Waals surface area (Å²) in [6.45, 7) is 2.68. The molecule has 0 saturated heterocycles. The van der Waals surface area contributed by atoms with Gasteiger partial charge >= 0.3 is 0 Å². The van der Waals surface area contributed by atoms with Crippen LogP contribution in [0.25, 0.3) is 0 Å². The van der Waals surface area contributed by atoms with Crippen molar-refractivity contribution in [2.45, 2.75) is 39.2 Å². The van der Waals surface area contributed by atoms with E-state index in [0.717, 1.165) is 37.8 Å². The van der Waals surface area contributed by atoms with Gasteiger partial charge in [0.2, 0.25) is 0 Å². The van der Waals surface area contributed by atoms with Crippen molar-refractivity contribution >= 4 is 5.91 Å². The van der Waals surface area contributed by atoms with Gasteiger partial charge in [0, 0.05) is 12.6 Å². The van der Waals surface area contributed by atoms with Crippen LogP contribution in [-0.4, -0.2) is 12.5 Å². The first-order chi connectivity index (χ1) is 11.6. The van der Waals surface area contributed by atoms with Crippen molar-refractivity contribution in [2.24, 2.45) is 0 Å². The fourth-order valence-electron chi connectivity index (χ4n) is 2.16. The van der Waals surface area contributed by atoms with Gasteiger partial charge in [-0.05, 0) is 30.7 Å². The topological polar surface area (TPSA) is 51.5 Å². The highest BCUT2D eigenvalue weighted by atomic mass is 19.1. The summed E-state index contributed by atoms with van der Waals surface area (Å²) in [7, 11) is 0. The molecule has 0 atom stereocenters. The molecule has 0 radical (unpaired) electrons. The Morgan fingerprint density at radius 1 is 1.17 bits per heavy atom. The molecule has 130 valence electrons. The van der Waals surface area contributed by atoms with E-state index in [4.69, 9.17) is 9.15 Å². The van der Waals surface area contributed by atoms with Crippen LogP contribution in [0, 0.1) is 11.6 Å². The molecule has 2 rings (SSSR count). The fourth-order valence-corrected chi connectivity index (χ4v) is 2.16. The van der Waals surface area contributed by atoms with Crippen LogP contribution in [0.4, 0.5) is 8.78 Å². The molecule has 0 unspecified atom stereocenters. The minimum absolute atomic E-state index is 0.0493. The predicted octanol–water partition coefficient (Wildman–Crippen LogP) is 4.45. The number of carbonyl (C=O) groups is 1. The number of hydrogen-bond acceptors (Lipinski definition) is 3. The zero-order valence-electron chi connectivity index (χ0n) is 13.6. The molecule has 4 nitrogen and oxygen atoms in total. The Labute approximate surface area is 139 Å². The number of nitrogens with one attached hydrogen (secondary N) is 1. The molecule has 6 heteroatoms. The summed E-state index contributed by atoms with van der Waals surface area (Å²) in [5, 5.41) is 2.79. The Balaban J connectivity index is 1.81. The second-order valence-electron chi connectivity index (χ2n) is 5.45. The van der Waals surface area contributed by atoms with Crippen molar-refractivity contribution in [3.05, 3.63) is 53.5 Å². The summed E-state index contributed by atoms with van der Waals surface area (Å²) in [5.74, 6) is -1.25. The highest BCUT2D eigenvalue weighted by Crippen LogP contribution is 2.19. The quantitative estimate of drug-likeness (QED) is 0.688. The van der Waals surface area contributed by atoms with Crippen molar-refractivity contribution < 1.29 is 22.7 Å². The van der Waals surface area contributed by atoms with Gasteiger partial charge in [-0.2, -0.15) is 0 Å². The van der Waals surface area contributed by atoms with Crippen molar-refractivity contribution in [1.82, 2.24) is 5.32 Å². The molecule has 0 saturated carbocycles. The van der Waals surface area contributed by atoms with Crippen molar-refractivity contribution in [3.8, 4) is 5.75 Å². The lowest BCUT2D eigenvalue weighted by Gasteiger charge is -2.05. The smallest absolute Gasteiger partial charge is 0.286 e. The van der Waals surface area contributed by atoms with E-state index in [9.17, 15) is 13.6 Å². The number of benzene rings is 1. The molecular weight excluding hydrogens is 316 g/mol. The van der Waals surface area contributed by atoms with Gasteiger partial charge in [-0.1, -0.05) is 26.2 Å². The van der Waals surface area contributed by atoms with Gasteiger partial charge in [-0.25, -0.2) is 8.78 Å². The first-order valence-corrected chi connectivity index (χ1v) is 8.05. The monoisotopic (exact) mass is 337 g/mol. The maximum atomic E-state index is 13.5. The number of hydrogen-bond donors (Lipinski definition) is 1. The SMILES string of the molecule is CCCCCCNC(=O)c1ccc(COc2ccc(F)cc2F)o1. The van der Waals surface area contributed by atoms with Gasteiger partial charge in [0.15, 0.2) is 17.3 Å². The number of rotatable bonds is 9. The average molecular weight is 337 g/mol. The fraction of sp³-hybridized carbons (Fsp3) is 0.389. The summed E-state index contributed by atoms with van der Waals surface area (Å²) in [5.41, 5.74) is 0. The summed E-state index contributed by atoms with van der Waals surface area (Å²) in [6, 6.07) is 6.19. The van der Waals surface area contributed by atoms with Crippen LogP contribution in [0.2, 0.25) is 0 Å². The largest absolute Gasteiger partial charge is 0.483 e. The Kier molecular flexibility index (Phi) is 6.78. The molecule has 1 heterocycles. The molecule has 0 fully saturated rings. The molecular formula is C18H21F2NO3. The second-order valence-corrected chi connectivity index (χ2v) is 5.45. The predicted molar refractivity (Wildman–Crippen MR) is 85.9 cm³/mol. The summed E-state index contributed by atoms with van der Waals surface area (Å²) >= 11 is 0. The van der Waals surface area contributed by atoms with Gasteiger partial charge in [0.05, 0.1) is 0 Å². The lowest BCUT2D eigenvalue weighted by Crippen LogP contribution is -2.23. The Morgan fingerprint density at radius 3 is 2.75 bits per heavy atom. The first kappa shape index (κ1) is 18.0.